The summed E-state index contributed by atoms with van der Waals surface area (Å²) in [5.41, 5.74) is 0.740. The number of H-pyrrole nitrogens is 1. The molecule has 3 rings (SSSR count). The highest BCUT2D eigenvalue weighted by Gasteiger charge is 2.16. The monoisotopic (exact) mass is 325 g/mol. The Morgan fingerprint density at radius 2 is 1.88 bits per heavy atom. The van der Waals surface area contributed by atoms with E-state index >= 15 is 0 Å². The highest BCUT2D eigenvalue weighted by Crippen LogP contribution is 2.11. The van der Waals surface area contributed by atoms with Crippen molar-refractivity contribution in [3.63, 3.8) is 0 Å². The van der Waals surface area contributed by atoms with Crippen molar-refractivity contribution >= 4 is 16.8 Å². The zero-order valence-electron chi connectivity index (χ0n) is 13.1. The molecular formula is C18H16FN3O2. The largest absolute Gasteiger partial charge is 0.331 e. The molecule has 0 saturated heterocycles. The molecule has 24 heavy (non-hydrogen) atoms. The molecule has 0 atom stereocenters. The summed E-state index contributed by atoms with van der Waals surface area (Å²) in [6.45, 7) is 2.44. The van der Waals surface area contributed by atoms with Crippen molar-refractivity contribution in [3.05, 3.63) is 76.1 Å². The number of aromatic amines is 1. The van der Waals surface area contributed by atoms with E-state index in [2.05, 4.69) is 9.97 Å². The second kappa shape index (κ2) is 6.62. The maximum Gasteiger partial charge on any atom is 0.258 e. The van der Waals surface area contributed by atoms with E-state index in [0.29, 0.717) is 28.8 Å². The zero-order valence-corrected chi connectivity index (χ0v) is 13.1. The smallest absolute Gasteiger partial charge is 0.258 e. The van der Waals surface area contributed by atoms with Crippen molar-refractivity contribution in [2.45, 2.75) is 13.5 Å². The fourth-order valence-electron chi connectivity index (χ4n) is 2.49. The molecule has 0 radical (unpaired) electrons. The summed E-state index contributed by atoms with van der Waals surface area (Å²) >= 11 is 0. The summed E-state index contributed by atoms with van der Waals surface area (Å²) in [6, 6.07) is 12.4. The Bertz CT molecular complexity index is 935. The number of benzene rings is 2. The van der Waals surface area contributed by atoms with E-state index in [4.69, 9.17) is 0 Å². The number of carbonyl (C=O) groups excluding carboxylic acids is 1. The van der Waals surface area contributed by atoms with E-state index in [-0.39, 0.29) is 18.0 Å². The Labute approximate surface area is 137 Å². The lowest BCUT2D eigenvalue weighted by molar-refractivity contribution is 0.0748. The molecule has 0 fully saturated rings. The van der Waals surface area contributed by atoms with Crippen molar-refractivity contribution in [2.24, 2.45) is 0 Å². The number of hydrogen-bond donors (Lipinski definition) is 1. The van der Waals surface area contributed by atoms with Crippen molar-refractivity contribution in [3.8, 4) is 0 Å². The minimum absolute atomic E-state index is 0.173. The topological polar surface area (TPSA) is 66.1 Å². The van der Waals surface area contributed by atoms with Gasteiger partial charge in [0.05, 0.1) is 17.4 Å². The van der Waals surface area contributed by atoms with E-state index in [1.54, 1.807) is 29.2 Å². The van der Waals surface area contributed by atoms with Crippen molar-refractivity contribution in [2.75, 3.05) is 6.54 Å². The number of carbonyl (C=O) groups is 1. The van der Waals surface area contributed by atoms with Gasteiger partial charge in [0.1, 0.15) is 11.6 Å². The number of amides is 1. The number of rotatable bonds is 4. The number of halogens is 1. The van der Waals surface area contributed by atoms with E-state index in [1.165, 1.54) is 24.3 Å². The molecule has 0 aliphatic rings. The molecule has 3 aromatic rings. The van der Waals surface area contributed by atoms with Gasteiger partial charge in [0.25, 0.3) is 11.5 Å². The first-order valence-electron chi connectivity index (χ1n) is 7.61. The Kier molecular flexibility index (Phi) is 4.37. The molecular weight excluding hydrogens is 309 g/mol. The third kappa shape index (κ3) is 3.17. The van der Waals surface area contributed by atoms with E-state index < -0.39 is 5.82 Å². The molecule has 0 aliphatic heterocycles. The molecule has 5 nitrogen and oxygen atoms in total. The summed E-state index contributed by atoms with van der Waals surface area (Å²) in [7, 11) is 0. The summed E-state index contributed by atoms with van der Waals surface area (Å²) in [5.74, 6) is -0.223. The molecule has 0 bridgehead atoms. The molecule has 1 N–H and O–H groups in total. The van der Waals surface area contributed by atoms with Gasteiger partial charge in [-0.1, -0.05) is 12.1 Å². The first-order valence-corrected chi connectivity index (χ1v) is 7.61. The lowest BCUT2D eigenvalue weighted by Gasteiger charge is -2.20. The van der Waals surface area contributed by atoms with Crippen LogP contribution >= 0.6 is 0 Å². The molecule has 1 heterocycles. The van der Waals surface area contributed by atoms with Gasteiger partial charge in [-0.2, -0.15) is 0 Å². The number of aromatic nitrogens is 2. The summed E-state index contributed by atoms with van der Waals surface area (Å²) in [4.78, 5) is 33.3. The standard InChI is InChI=1S/C18H16FN3O2/c1-2-22(18(24)12-7-9-13(19)10-8-12)11-16-20-15-6-4-3-5-14(15)17(23)21-16/h3-10H,2,11H2,1H3,(H,20,21,23). The number of fused-ring (bicyclic) bond motifs is 1. The van der Waals surface area contributed by atoms with Crippen molar-refractivity contribution in [1.29, 1.82) is 0 Å². The van der Waals surface area contributed by atoms with Crippen LogP contribution in [0.5, 0.6) is 0 Å². The second-order valence-electron chi connectivity index (χ2n) is 5.36. The van der Waals surface area contributed by atoms with Gasteiger partial charge < -0.3 is 9.88 Å². The minimum Gasteiger partial charge on any atom is -0.331 e. The van der Waals surface area contributed by atoms with Gasteiger partial charge in [0.15, 0.2) is 0 Å². The zero-order chi connectivity index (χ0) is 17.1. The van der Waals surface area contributed by atoms with Crippen LogP contribution in [0.4, 0.5) is 4.39 Å². The third-order valence-corrected chi connectivity index (χ3v) is 3.76. The van der Waals surface area contributed by atoms with Crippen LogP contribution in [-0.4, -0.2) is 27.3 Å². The molecule has 0 aliphatic carbocycles. The van der Waals surface area contributed by atoms with Crippen LogP contribution in [0.2, 0.25) is 0 Å². The molecule has 6 heteroatoms. The van der Waals surface area contributed by atoms with Crippen molar-refractivity contribution in [1.82, 2.24) is 14.9 Å². The van der Waals surface area contributed by atoms with Gasteiger partial charge in [-0.25, -0.2) is 9.37 Å². The molecule has 122 valence electrons. The fourth-order valence-corrected chi connectivity index (χ4v) is 2.49. The Morgan fingerprint density at radius 3 is 2.58 bits per heavy atom. The first kappa shape index (κ1) is 15.9. The average Bonchev–Trinajstić information content (AvgIpc) is 2.60. The first-order chi connectivity index (χ1) is 11.6. The Hall–Kier alpha value is -3.02. The number of nitrogens with zero attached hydrogens (tertiary/aromatic N) is 2. The van der Waals surface area contributed by atoms with Crippen LogP contribution in [0.1, 0.15) is 23.1 Å². The van der Waals surface area contributed by atoms with Crippen LogP contribution in [0, 0.1) is 5.82 Å². The maximum atomic E-state index is 13.0. The van der Waals surface area contributed by atoms with Gasteiger partial charge in [-0.3, -0.25) is 9.59 Å². The van der Waals surface area contributed by atoms with E-state index in [0.717, 1.165) is 0 Å². The van der Waals surface area contributed by atoms with Gasteiger partial charge in [-0.15, -0.1) is 0 Å². The van der Waals surface area contributed by atoms with Crippen LogP contribution < -0.4 is 5.56 Å². The van der Waals surface area contributed by atoms with Crippen LogP contribution in [0.3, 0.4) is 0 Å². The fraction of sp³-hybridized carbons (Fsp3) is 0.167. The van der Waals surface area contributed by atoms with Crippen LogP contribution in [0.25, 0.3) is 10.9 Å². The molecule has 2 aromatic carbocycles. The third-order valence-electron chi connectivity index (χ3n) is 3.76. The number of para-hydroxylation sites is 1. The Balaban J connectivity index is 1.89. The van der Waals surface area contributed by atoms with Gasteiger partial charge in [0, 0.05) is 12.1 Å². The highest BCUT2D eigenvalue weighted by atomic mass is 19.1. The number of hydrogen-bond acceptors (Lipinski definition) is 3. The summed E-state index contributed by atoms with van der Waals surface area (Å²) < 4.78 is 13.0. The van der Waals surface area contributed by atoms with Crippen LogP contribution in [0.15, 0.2) is 53.3 Å². The summed E-state index contributed by atoms with van der Waals surface area (Å²) in [6.07, 6.45) is 0. The maximum absolute atomic E-state index is 13.0. The molecule has 0 spiro atoms. The van der Waals surface area contributed by atoms with Crippen LogP contribution in [-0.2, 0) is 6.54 Å². The predicted molar refractivity (Wildman–Crippen MR) is 89.2 cm³/mol. The average molecular weight is 325 g/mol. The second-order valence-corrected chi connectivity index (χ2v) is 5.36. The molecule has 0 saturated carbocycles. The van der Waals surface area contributed by atoms with E-state index in [1.807, 2.05) is 6.92 Å². The van der Waals surface area contributed by atoms with Gasteiger partial charge in [0.2, 0.25) is 0 Å². The highest BCUT2D eigenvalue weighted by molar-refractivity contribution is 5.94. The lowest BCUT2D eigenvalue weighted by atomic mass is 10.2. The SMILES string of the molecule is CCN(Cc1nc2ccccc2c(=O)[nH]1)C(=O)c1ccc(F)cc1. The lowest BCUT2D eigenvalue weighted by Crippen LogP contribution is -2.32. The molecule has 1 amide bonds. The Morgan fingerprint density at radius 1 is 1.17 bits per heavy atom. The summed E-state index contributed by atoms with van der Waals surface area (Å²) in [5, 5.41) is 0.508. The predicted octanol–water partition coefficient (Wildman–Crippen LogP) is 2.72. The molecule has 1 aromatic heterocycles. The van der Waals surface area contributed by atoms with Gasteiger partial charge in [-0.05, 0) is 43.3 Å². The quantitative estimate of drug-likeness (QED) is 0.802. The van der Waals surface area contributed by atoms with Gasteiger partial charge >= 0.3 is 0 Å². The van der Waals surface area contributed by atoms with E-state index in [9.17, 15) is 14.0 Å². The normalized spacial score (nSPS) is 10.8. The molecule has 0 unspecified atom stereocenters. The minimum atomic E-state index is -0.393. The van der Waals surface area contributed by atoms with Crippen molar-refractivity contribution < 1.29 is 9.18 Å². The number of nitrogens with one attached hydrogen (secondary N) is 1.